The number of nitrogen functional groups attached to an aromatic ring is 1. The molecule has 0 saturated heterocycles. The maximum Gasteiger partial charge on any atom is 0.264 e. The zero-order valence-electron chi connectivity index (χ0n) is 11.8. The minimum absolute atomic E-state index is 0.0669. The van der Waals surface area contributed by atoms with Gasteiger partial charge in [-0.2, -0.15) is 0 Å². The Kier molecular flexibility index (Phi) is 5.06. The van der Waals surface area contributed by atoms with Crippen LogP contribution in [0.5, 0.6) is 5.75 Å². The topological polar surface area (TPSA) is 55.6 Å². The van der Waals surface area contributed by atoms with Crippen molar-refractivity contribution in [1.29, 1.82) is 0 Å². The van der Waals surface area contributed by atoms with Crippen molar-refractivity contribution in [2.75, 3.05) is 23.8 Å². The molecule has 0 saturated carbocycles. The van der Waals surface area contributed by atoms with Gasteiger partial charge in [-0.1, -0.05) is 29.8 Å². The minimum atomic E-state index is -0.157. The smallest absolute Gasteiger partial charge is 0.264 e. The molecule has 0 aliphatic heterocycles. The Morgan fingerprint density at radius 1 is 1.24 bits per heavy atom. The first-order valence-electron chi connectivity index (χ1n) is 6.65. The number of hydrogen-bond acceptors (Lipinski definition) is 3. The van der Waals surface area contributed by atoms with Gasteiger partial charge in [0.25, 0.3) is 5.91 Å². The summed E-state index contributed by atoms with van der Waals surface area (Å²) in [4.78, 5) is 13.9. The summed E-state index contributed by atoms with van der Waals surface area (Å²) in [7, 11) is 0. The summed E-state index contributed by atoms with van der Waals surface area (Å²) >= 11 is 5.87. The van der Waals surface area contributed by atoms with Crippen LogP contribution >= 0.6 is 11.6 Å². The third kappa shape index (κ3) is 3.89. The number of likely N-dealkylation sites (N-methyl/N-ethyl adjacent to an activating group) is 1. The number of benzene rings is 2. The van der Waals surface area contributed by atoms with Gasteiger partial charge in [0, 0.05) is 11.6 Å². The summed E-state index contributed by atoms with van der Waals surface area (Å²) in [6.07, 6.45) is 0. The molecule has 2 N–H and O–H groups in total. The highest BCUT2D eigenvalue weighted by molar-refractivity contribution is 6.30. The van der Waals surface area contributed by atoms with E-state index in [2.05, 4.69) is 0 Å². The second-order valence-corrected chi connectivity index (χ2v) is 4.88. The zero-order valence-corrected chi connectivity index (χ0v) is 12.5. The van der Waals surface area contributed by atoms with E-state index in [-0.39, 0.29) is 12.5 Å². The van der Waals surface area contributed by atoms with Crippen LogP contribution in [0, 0.1) is 0 Å². The molecular formula is C16H17ClN2O2. The van der Waals surface area contributed by atoms with Crippen LogP contribution < -0.4 is 15.4 Å². The van der Waals surface area contributed by atoms with Crippen LogP contribution in [-0.2, 0) is 4.79 Å². The van der Waals surface area contributed by atoms with Crippen molar-refractivity contribution in [2.45, 2.75) is 6.92 Å². The monoisotopic (exact) mass is 304 g/mol. The van der Waals surface area contributed by atoms with Crippen LogP contribution in [0.3, 0.4) is 0 Å². The SMILES string of the molecule is CCN(C(=O)COc1cccc(Cl)c1)c1ccccc1N. The first-order valence-corrected chi connectivity index (χ1v) is 7.03. The number of carbonyl (C=O) groups excluding carboxylic acids is 1. The van der Waals surface area contributed by atoms with E-state index in [4.69, 9.17) is 22.1 Å². The van der Waals surface area contributed by atoms with E-state index in [1.807, 2.05) is 25.1 Å². The molecule has 0 heterocycles. The minimum Gasteiger partial charge on any atom is -0.484 e. The molecule has 0 spiro atoms. The van der Waals surface area contributed by atoms with Gasteiger partial charge in [0.05, 0.1) is 11.4 Å². The van der Waals surface area contributed by atoms with Crippen LogP contribution in [-0.4, -0.2) is 19.1 Å². The highest BCUT2D eigenvalue weighted by atomic mass is 35.5. The molecule has 0 fully saturated rings. The van der Waals surface area contributed by atoms with Gasteiger partial charge in [-0.3, -0.25) is 4.79 Å². The molecule has 5 heteroatoms. The number of ether oxygens (including phenoxy) is 1. The average Bonchev–Trinajstić information content (AvgIpc) is 2.48. The molecule has 2 aromatic carbocycles. The van der Waals surface area contributed by atoms with Crippen LogP contribution in [0.25, 0.3) is 0 Å². The maximum atomic E-state index is 12.3. The van der Waals surface area contributed by atoms with Gasteiger partial charge >= 0.3 is 0 Å². The van der Waals surface area contributed by atoms with Crippen LogP contribution in [0.15, 0.2) is 48.5 Å². The quantitative estimate of drug-likeness (QED) is 0.862. The van der Waals surface area contributed by atoms with E-state index in [9.17, 15) is 4.79 Å². The Morgan fingerprint density at radius 2 is 2.00 bits per heavy atom. The predicted octanol–water partition coefficient (Wildman–Crippen LogP) is 3.35. The standard InChI is InChI=1S/C16H17ClN2O2/c1-2-19(15-9-4-3-8-14(15)18)16(20)11-21-13-7-5-6-12(17)10-13/h3-10H,2,11,18H2,1H3. The molecular weight excluding hydrogens is 288 g/mol. The number of nitrogens with zero attached hydrogens (tertiary/aromatic N) is 1. The lowest BCUT2D eigenvalue weighted by Gasteiger charge is -2.22. The Balaban J connectivity index is 2.06. The molecule has 0 aromatic heterocycles. The van der Waals surface area contributed by atoms with E-state index in [1.54, 1.807) is 35.2 Å². The lowest BCUT2D eigenvalue weighted by atomic mass is 10.2. The first-order chi connectivity index (χ1) is 10.1. The van der Waals surface area contributed by atoms with Crippen molar-refractivity contribution in [3.05, 3.63) is 53.6 Å². The molecule has 0 aliphatic carbocycles. The van der Waals surface area contributed by atoms with Crippen molar-refractivity contribution in [3.8, 4) is 5.75 Å². The fraction of sp³-hybridized carbons (Fsp3) is 0.188. The van der Waals surface area contributed by atoms with Crippen LogP contribution in [0.4, 0.5) is 11.4 Å². The number of anilines is 2. The van der Waals surface area contributed by atoms with Gasteiger partial charge in [0.15, 0.2) is 6.61 Å². The fourth-order valence-electron chi connectivity index (χ4n) is 1.99. The molecule has 0 bridgehead atoms. The van der Waals surface area contributed by atoms with Gasteiger partial charge in [0.2, 0.25) is 0 Å². The second kappa shape index (κ2) is 6.99. The normalized spacial score (nSPS) is 10.2. The number of amides is 1. The Labute approximate surface area is 129 Å². The van der Waals surface area contributed by atoms with E-state index in [1.165, 1.54) is 0 Å². The zero-order chi connectivity index (χ0) is 15.2. The summed E-state index contributed by atoms with van der Waals surface area (Å²) in [5.41, 5.74) is 7.17. The molecule has 1 amide bonds. The lowest BCUT2D eigenvalue weighted by molar-refractivity contribution is -0.120. The number of hydrogen-bond donors (Lipinski definition) is 1. The molecule has 4 nitrogen and oxygen atoms in total. The van der Waals surface area contributed by atoms with Crippen molar-refractivity contribution in [3.63, 3.8) is 0 Å². The maximum absolute atomic E-state index is 12.3. The number of rotatable bonds is 5. The molecule has 2 aromatic rings. The molecule has 110 valence electrons. The van der Waals surface area contributed by atoms with Gasteiger partial charge < -0.3 is 15.4 Å². The molecule has 2 rings (SSSR count). The predicted molar refractivity (Wildman–Crippen MR) is 85.8 cm³/mol. The summed E-state index contributed by atoms with van der Waals surface area (Å²) in [5, 5.41) is 0.569. The van der Waals surface area contributed by atoms with Gasteiger partial charge in [0.1, 0.15) is 5.75 Å². The van der Waals surface area contributed by atoms with Crippen molar-refractivity contribution in [2.24, 2.45) is 0 Å². The average molecular weight is 305 g/mol. The van der Waals surface area contributed by atoms with Gasteiger partial charge in [-0.25, -0.2) is 0 Å². The van der Waals surface area contributed by atoms with Gasteiger partial charge in [-0.05, 0) is 37.3 Å². The van der Waals surface area contributed by atoms with Gasteiger partial charge in [-0.15, -0.1) is 0 Å². The lowest BCUT2D eigenvalue weighted by Crippen LogP contribution is -2.35. The van der Waals surface area contributed by atoms with Crippen LogP contribution in [0.1, 0.15) is 6.92 Å². The van der Waals surface area contributed by atoms with E-state index < -0.39 is 0 Å². The number of halogens is 1. The van der Waals surface area contributed by atoms with Crippen LogP contribution in [0.2, 0.25) is 5.02 Å². The van der Waals surface area contributed by atoms with Crippen molar-refractivity contribution in [1.82, 2.24) is 0 Å². The van der Waals surface area contributed by atoms with E-state index >= 15 is 0 Å². The van der Waals surface area contributed by atoms with Crippen molar-refractivity contribution < 1.29 is 9.53 Å². The summed E-state index contributed by atoms with van der Waals surface area (Å²) in [6, 6.07) is 14.2. The summed E-state index contributed by atoms with van der Waals surface area (Å²) in [6.45, 7) is 2.35. The van der Waals surface area contributed by atoms with E-state index in [0.717, 1.165) is 0 Å². The molecule has 0 atom stereocenters. The largest absolute Gasteiger partial charge is 0.484 e. The van der Waals surface area contributed by atoms with E-state index in [0.29, 0.717) is 28.7 Å². The van der Waals surface area contributed by atoms with Crippen molar-refractivity contribution >= 4 is 28.9 Å². The molecule has 0 unspecified atom stereocenters. The third-order valence-corrected chi connectivity index (χ3v) is 3.24. The number of carbonyl (C=O) groups is 1. The Hall–Kier alpha value is -2.20. The summed E-state index contributed by atoms with van der Waals surface area (Å²) < 4.78 is 5.48. The molecule has 0 aliphatic rings. The number of nitrogens with two attached hydrogens (primary N) is 1. The fourth-order valence-corrected chi connectivity index (χ4v) is 2.17. The molecule has 21 heavy (non-hydrogen) atoms. The highest BCUT2D eigenvalue weighted by Crippen LogP contribution is 2.23. The molecule has 0 radical (unpaired) electrons. The second-order valence-electron chi connectivity index (χ2n) is 4.44. The summed E-state index contributed by atoms with van der Waals surface area (Å²) in [5.74, 6) is 0.406. The number of para-hydroxylation sites is 2. The highest BCUT2D eigenvalue weighted by Gasteiger charge is 2.16. The third-order valence-electron chi connectivity index (χ3n) is 3.00. The Bertz CT molecular complexity index is 631. The Morgan fingerprint density at radius 3 is 2.67 bits per heavy atom. The first kappa shape index (κ1) is 15.2.